The number of hydrogen-bond donors (Lipinski definition) is 0. The number of carbonyl (C=O) groups excluding carboxylic acids is 1. The van der Waals surface area contributed by atoms with Gasteiger partial charge in [-0.15, -0.1) is 0 Å². The number of carbonyl (C=O) groups is 1. The highest BCUT2D eigenvalue weighted by molar-refractivity contribution is 5.79. The molecule has 0 radical (unpaired) electrons. The van der Waals surface area contributed by atoms with Crippen molar-refractivity contribution >= 4 is 17.3 Å². The summed E-state index contributed by atoms with van der Waals surface area (Å²) in [6.45, 7) is 2.56. The molecule has 0 bridgehead atoms. The first kappa shape index (κ1) is 16.2. The van der Waals surface area contributed by atoms with Crippen LogP contribution in [0.25, 0.3) is 0 Å². The molecule has 0 spiro atoms. The van der Waals surface area contributed by atoms with Gasteiger partial charge in [-0.3, -0.25) is 14.9 Å². The Kier molecular flexibility index (Phi) is 4.65. The van der Waals surface area contributed by atoms with Crippen molar-refractivity contribution in [2.45, 2.75) is 25.7 Å². The van der Waals surface area contributed by atoms with Gasteiger partial charge in [0.15, 0.2) is 0 Å². The molecule has 7 heteroatoms. The summed E-state index contributed by atoms with van der Waals surface area (Å²) in [7, 11) is 0. The van der Waals surface area contributed by atoms with Gasteiger partial charge in [0.05, 0.1) is 16.2 Å². The molecule has 1 heterocycles. The Balaban J connectivity index is 1.67. The minimum atomic E-state index is -0.497. The molecule has 1 aliphatic carbocycles. The van der Waals surface area contributed by atoms with Crippen molar-refractivity contribution in [1.82, 2.24) is 4.90 Å². The SMILES string of the molecule is N#Cc1cc([N+](=O)[O-])ccc1N1CCN(C(=O)C2CCCC2)CC1. The van der Waals surface area contributed by atoms with Crippen LogP contribution in [-0.2, 0) is 4.79 Å². The van der Waals surface area contributed by atoms with E-state index in [9.17, 15) is 20.2 Å². The summed E-state index contributed by atoms with van der Waals surface area (Å²) in [6, 6.07) is 6.40. The zero-order chi connectivity index (χ0) is 17.1. The minimum absolute atomic E-state index is 0.0784. The number of nitriles is 1. The predicted octanol–water partition coefficient (Wildman–Crippen LogP) is 2.31. The molecule has 1 saturated carbocycles. The van der Waals surface area contributed by atoms with Crippen LogP contribution in [0.5, 0.6) is 0 Å². The van der Waals surface area contributed by atoms with E-state index in [2.05, 4.69) is 0 Å². The fraction of sp³-hybridized carbons (Fsp3) is 0.529. The molecule has 24 heavy (non-hydrogen) atoms. The largest absolute Gasteiger partial charge is 0.367 e. The minimum Gasteiger partial charge on any atom is -0.367 e. The monoisotopic (exact) mass is 328 g/mol. The summed E-state index contributed by atoms with van der Waals surface area (Å²) in [5.41, 5.74) is 0.932. The number of non-ortho nitro benzene ring substituents is 1. The number of nitro groups is 1. The zero-order valence-corrected chi connectivity index (χ0v) is 13.5. The highest BCUT2D eigenvalue weighted by Gasteiger charge is 2.30. The van der Waals surface area contributed by atoms with Crippen molar-refractivity contribution in [3.8, 4) is 6.07 Å². The van der Waals surface area contributed by atoms with Gasteiger partial charge in [-0.05, 0) is 18.9 Å². The molecule has 1 aromatic rings. The quantitative estimate of drug-likeness (QED) is 0.627. The number of nitro benzene ring substituents is 1. The van der Waals surface area contributed by atoms with E-state index in [1.807, 2.05) is 15.9 Å². The first-order valence-electron chi connectivity index (χ1n) is 8.32. The Bertz CT molecular complexity index is 684. The second-order valence-corrected chi connectivity index (χ2v) is 6.36. The highest BCUT2D eigenvalue weighted by Crippen LogP contribution is 2.29. The maximum atomic E-state index is 12.5. The van der Waals surface area contributed by atoms with E-state index in [-0.39, 0.29) is 17.5 Å². The number of amides is 1. The number of rotatable bonds is 3. The summed E-state index contributed by atoms with van der Waals surface area (Å²) in [5, 5.41) is 20.1. The third-order valence-electron chi connectivity index (χ3n) is 4.95. The fourth-order valence-corrected chi connectivity index (χ4v) is 3.60. The molecule has 2 fully saturated rings. The summed E-state index contributed by atoms with van der Waals surface area (Å²) in [6.07, 6.45) is 4.29. The van der Waals surface area contributed by atoms with Gasteiger partial charge >= 0.3 is 0 Å². The fourth-order valence-electron chi connectivity index (χ4n) is 3.60. The lowest BCUT2D eigenvalue weighted by molar-refractivity contribution is -0.384. The highest BCUT2D eigenvalue weighted by atomic mass is 16.6. The van der Waals surface area contributed by atoms with Gasteiger partial charge in [0.2, 0.25) is 5.91 Å². The predicted molar refractivity (Wildman–Crippen MR) is 88.6 cm³/mol. The molecule has 1 aliphatic heterocycles. The molecule has 0 aromatic heterocycles. The first-order chi connectivity index (χ1) is 11.6. The molecule has 126 valence electrons. The molecular formula is C17H20N4O3. The topological polar surface area (TPSA) is 90.5 Å². The molecule has 1 amide bonds. The Morgan fingerprint density at radius 3 is 2.46 bits per heavy atom. The van der Waals surface area contributed by atoms with Crippen molar-refractivity contribution in [2.24, 2.45) is 5.92 Å². The van der Waals surface area contributed by atoms with E-state index in [4.69, 9.17) is 0 Å². The van der Waals surface area contributed by atoms with Crippen LogP contribution < -0.4 is 4.90 Å². The van der Waals surface area contributed by atoms with E-state index in [0.717, 1.165) is 25.7 Å². The van der Waals surface area contributed by atoms with E-state index in [0.29, 0.717) is 37.4 Å². The molecule has 2 aliphatic rings. The third kappa shape index (κ3) is 3.18. The van der Waals surface area contributed by atoms with Crippen LogP contribution in [0.4, 0.5) is 11.4 Å². The van der Waals surface area contributed by atoms with Crippen molar-refractivity contribution in [3.63, 3.8) is 0 Å². The molecule has 0 atom stereocenters. The standard InChI is InChI=1S/C17H20N4O3/c18-12-14-11-15(21(23)24)5-6-16(14)19-7-9-20(10-8-19)17(22)13-3-1-2-4-13/h5-6,11,13H,1-4,7-10H2. The maximum Gasteiger partial charge on any atom is 0.270 e. The molecule has 1 aromatic carbocycles. The van der Waals surface area contributed by atoms with Crippen molar-refractivity contribution in [1.29, 1.82) is 5.26 Å². The average molecular weight is 328 g/mol. The summed E-state index contributed by atoms with van der Waals surface area (Å²) < 4.78 is 0. The lowest BCUT2D eigenvalue weighted by Crippen LogP contribution is -2.50. The maximum absolute atomic E-state index is 12.5. The van der Waals surface area contributed by atoms with Crippen molar-refractivity contribution in [2.75, 3.05) is 31.1 Å². The zero-order valence-electron chi connectivity index (χ0n) is 13.5. The van der Waals surface area contributed by atoms with Gasteiger partial charge in [-0.2, -0.15) is 5.26 Å². The van der Waals surface area contributed by atoms with Crippen LogP contribution in [0.3, 0.4) is 0 Å². The third-order valence-corrected chi connectivity index (χ3v) is 4.95. The smallest absolute Gasteiger partial charge is 0.270 e. The van der Waals surface area contributed by atoms with Crippen molar-refractivity contribution in [3.05, 3.63) is 33.9 Å². The van der Waals surface area contributed by atoms with Gasteiger partial charge < -0.3 is 9.80 Å². The average Bonchev–Trinajstić information content (AvgIpc) is 3.15. The molecule has 0 unspecified atom stereocenters. The Morgan fingerprint density at radius 1 is 1.21 bits per heavy atom. The van der Waals surface area contributed by atoms with Gasteiger partial charge in [0, 0.05) is 44.2 Å². The van der Waals surface area contributed by atoms with E-state index >= 15 is 0 Å². The van der Waals surface area contributed by atoms with E-state index in [1.54, 1.807) is 6.07 Å². The molecule has 1 saturated heterocycles. The van der Waals surface area contributed by atoms with Gasteiger partial charge in [0.25, 0.3) is 5.69 Å². The molecular weight excluding hydrogens is 308 g/mol. The Labute approximate surface area is 140 Å². The van der Waals surface area contributed by atoms with Crippen LogP contribution in [0.15, 0.2) is 18.2 Å². The molecule has 0 N–H and O–H groups in total. The van der Waals surface area contributed by atoms with Crippen LogP contribution in [0.1, 0.15) is 31.2 Å². The van der Waals surface area contributed by atoms with Crippen LogP contribution in [0.2, 0.25) is 0 Å². The van der Waals surface area contributed by atoms with Crippen LogP contribution >= 0.6 is 0 Å². The normalized spacial score (nSPS) is 18.5. The van der Waals surface area contributed by atoms with E-state index < -0.39 is 4.92 Å². The number of piperazine rings is 1. The van der Waals surface area contributed by atoms with Crippen LogP contribution in [-0.4, -0.2) is 41.9 Å². The number of hydrogen-bond acceptors (Lipinski definition) is 5. The van der Waals surface area contributed by atoms with Gasteiger partial charge in [-0.1, -0.05) is 12.8 Å². The summed E-state index contributed by atoms with van der Waals surface area (Å²) >= 11 is 0. The lowest BCUT2D eigenvalue weighted by atomic mass is 10.1. The van der Waals surface area contributed by atoms with E-state index in [1.165, 1.54) is 12.1 Å². The summed E-state index contributed by atoms with van der Waals surface area (Å²) in [5.74, 6) is 0.446. The second-order valence-electron chi connectivity index (χ2n) is 6.36. The number of benzene rings is 1. The number of anilines is 1. The Hall–Kier alpha value is -2.62. The lowest BCUT2D eigenvalue weighted by Gasteiger charge is -2.37. The molecule has 7 nitrogen and oxygen atoms in total. The first-order valence-corrected chi connectivity index (χ1v) is 8.32. The molecule has 3 rings (SSSR count). The van der Waals surface area contributed by atoms with Crippen LogP contribution in [0, 0.1) is 27.4 Å². The van der Waals surface area contributed by atoms with Gasteiger partial charge in [-0.25, -0.2) is 0 Å². The summed E-state index contributed by atoms with van der Waals surface area (Å²) in [4.78, 5) is 26.8. The second kappa shape index (κ2) is 6.87. The Morgan fingerprint density at radius 2 is 1.88 bits per heavy atom. The van der Waals surface area contributed by atoms with Crippen molar-refractivity contribution < 1.29 is 9.72 Å². The number of nitrogens with zero attached hydrogens (tertiary/aromatic N) is 4. The van der Waals surface area contributed by atoms with Gasteiger partial charge in [0.1, 0.15) is 6.07 Å².